The van der Waals surface area contributed by atoms with Gasteiger partial charge >= 0.3 is 0 Å². The van der Waals surface area contributed by atoms with Crippen molar-refractivity contribution in [2.45, 2.75) is 6.04 Å². The fourth-order valence-electron chi connectivity index (χ4n) is 1.63. The minimum absolute atomic E-state index is 0.242. The first-order valence-electron chi connectivity index (χ1n) is 5.08. The quantitative estimate of drug-likeness (QED) is 0.888. The van der Waals surface area contributed by atoms with Crippen molar-refractivity contribution in [3.8, 4) is 11.4 Å². The first kappa shape index (κ1) is 10.3. The van der Waals surface area contributed by atoms with Crippen LogP contribution in [0, 0.1) is 0 Å². The van der Waals surface area contributed by atoms with Crippen molar-refractivity contribution in [3.05, 3.63) is 21.3 Å². The average Bonchev–Trinajstić information content (AvgIpc) is 3.01. The third-order valence-corrected chi connectivity index (χ3v) is 3.98. The molecule has 1 aliphatic heterocycles. The van der Waals surface area contributed by atoms with E-state index in [1.165, 1.54) is 0 Å². The Hall–Kier alpha value is -0.820. The van der Waals surface area contributed by atoms with Gasteiger partial charge in [0.1, 0.15) is 16.4 Å². The Kier molecular flexibility index (Phi) is 2.96. The van der Waals surface area contributed by atoms with Crippen molar-refractivity contribution in [1.29, 1.82) is 0 Å². The van der Waals surface area contributed by atoms with E-state index in [0.717, 1.165) is 29.5 Å². The zero-order chi connectivity index (χ0) is 10.8. The molecule has 1 N–H and O–H groups in total. The molecule has 1 aliphatic rings. The van der Waals surface area contributed by atoms with Gasteiger partial charge in [0.25, 0.3) is 0 Å². The molecule has 1 saturated heterocycles. The standard InChI is InChI=1S/C10H11N3OS2/c1-2-14-3-7(11-1)10-13-9(5-16-10)8-4-15-6-12-8/h4-7,11H,1-3H2. The number of morpholine rings is 1. The van der Waals surface area contributed by atoms with Gasteiger partial charge in [-0.1, -0.05) is 0 Å². The average molecular weight is 253 g/mol. The number of hydrogen-bond acceptors (Lipinski definition) is 6. The molecule has 3 rings (SSSR count). The summed E-state index contributed by atoms with van der Waals surface area (Å²) >= 11 is 3.26. The van der Waals surface area contributed by atoms with Crippen molar-refractivity contribution in [1.82, 2.24) is 15.3 Å². The van der Waals surface area contributed by atoms with Crippen molar-refractivity contribution < 1.29 is 4.74 Å². The molecule has 0 amide bonds. The van der Waals surface area contributed by atoms with Crippen LogP contribution in [0.1, 0.15) is 11.0 Å². The molecule has 2 aromatic rings. The summed E-state index contributed by atoms with van der Waals surface area (Å²) in [5.74, 6) is 0. The Morgan fingerprint density at radius 2 is 2.38 bits per heavy atom. The highest BCUT2D eigenvalue weighted by molar-refractivity contribution is 7.10. The maximum Gasteiger partial charge on any atom is 0.113 e. The summed E-state index contributed by atoms with van der Waals surface area (Å²) in [7, 11) is 0. The van der Waals surface area contributed by atoms with Crippen LogP contribution in [0.3, 0.4) is 0 Å². The van der Waals surface area contributed by atoms with Gasteiger partial charge in [0, 0.05) is 17.3 Å². The predicted molar refractivity (Wildman–Crippen MR) is 64.8 cm³/mol. The smallest absolute Gasteiger partial charge is 0.113 e. The molecule has 0 radical (unpaired) electrons. The second kappa shape index (κ2) is 4.58. The third kappa shape index (κ3) is 2.01. The summed E-state index contributed by atoms with van der Waals surface area (Å²) < 4.78 is 5.43. The van der Waals surface area contributed by atoms with Crippen LogP contribution in [-0.2, 0) is 4.74 Å². The van der Waals surface area contributed by atoms with E-state index in [9.17, 15) is 0 Å². The van der Waals surface area contributed by atoms with Crippen LogP contribution in [0.25, 0.3) is 11.4 Å². The fourth-order valence-corrected chi connectivity index (χ4v) is 3.05. The van der Waals surface area contributed by atoms with E-state index in [0.29, 0.717) is 6.61 Å². The van der Waals surface area contributed by atoms with Crippen LogP contribution in [0.4, 0.5) is 0 Å². The van der Waals surface area contributed by atoms with Crippen LogP contribution < -0.4 is 5.32 Å². The number of rotatable bonds is 2. The van der Waals surface area contributed by atoms with Crippen molar-refractivity contribution in [3.63, 3.8) is 0 Å². The van der Waals surface area contributed by atoms with Gasteiger partial charge < -0.3 is 10.1 Å². The number of aromatic nitrogens is 2. The molecule has 1 unspecified atom stereocenters. The summed E-state index contributed by atoms with van der Waals surface area (Å²) in [6, 6.07) is 0.242. The van der Waals surface area contributed by atoms with E-state index in [2.05, 4.69) is 20.7 Å². The Morgan fingerprint density at radius 3 is 3.12 bits per heavy atom. The Bertz CT molecular complexity index is 448. The molecular formula is C10H11N3OS2. The van der Waals surface area contributed by atoms with Crippen molar-refractivity contribution >= 4 is 22.7 Å². The molecule has 0 aromatic carbocycles. The first-order chi connectivity index (χ1) is 7.93. The van der Waals surface area contributed by atoms with Gasteiger partial charge in [-0.15, -0.1) is 22.7 Å². The van der Waals surface area contributed by atoms with Gasteiger partial charge in [-0.3, -0.25) is 0 Å². The van der Waals surface area contributed by atoms with Crippen LogP contribution in [0.5, 0.6) is 0 Å². The van der Waals surface area contributed by atoms with Crippen LogP contribution in [-0.4, -0.2) is 29.7 Å². The third-order valence-electron chi connectivity index (χ3n) is 2.44. The lowest BCUT2D eigenvalue weighted by Crippen LogP contribution is -2.34. The maximum atomic E-state index is 5.43. The van der Waals surface area contributed by atoms with E-state index < -0.39 is 0 Å². The molecule has 1 atom stereocenters. The van der Waals surface area contributed by atoms with Gasteiger partial charge in [0.05, 0.1) is 24.8 Å². The van der Waals surface area contributed by atoms with Crippen molar-refractivity contribution in [2.75, 3.05) is 19.8 Å². The van der Waals surface area contributed by atoms with E-state index in [4.69, 9.17) is 4.74 Å². The molecule has 2 aromatic heterocycles. The molecule has 0 aliphatic carbocycles. The topological polar surface area (TPSA) is 47.0 Å². The number of nitrogens with zero attached hydrogens (tertiary/aromatic N) is 2. The predicted octanol–water partition coefficient (Wildman–Crippen LogP) is 1.93. The second-order valence-electron chi connectivity index (χ2n) is 3.53. The van der Waals surface area contributed by atoms with Crippen LogP contribution >= 0.6 is 22.7 Å². The lowest BCUT2D eigenvalue weighted by atomic mass is 10.3. The van der Waals surface area contributed by atoms with E-state index in [1.807, 2.05) is 10.9 Å². The molecule has 0 saturated carbocycles. The van der Waals surface area contributed by atoms with Crippen molar-refractivity contribution in [2.24, 2.45) is 0 Å². The number of nitrogens with one attached hydrogen (secondary N) is 1. The van der Waals surface area contributed by atoms with Gasteiger partial charge in [0.2, 0.25) is 0 Å². The zero-order valence-electron chi connectivity index (χ0n) is 8.55. The van der Waals surface area contributed by atoms with E-state index in [-0.39, 0.29) is 6.04 Å². The zero-order valence-corrected chi connectivity index (χ0v) is 10.2. The molecule has 0 bridgehead atoms. The van der Waals surface area contributed by atoms with Gasteiger partial charge in [-0.05, 0) is 0 Å². The summed E-state index contributed by atoms with van der Waals surface area (Å²) in [5, 5.41) is 8.56. The summed E-state index contributed by atoms with van der Waals surface area (Å²) in [5.41, 5.74) is 3.76. The van der Waals surface area contributed by atoms with Crippen LogP contribution in [0.15, 0.2) is 16.3 Å². The minimum Gasteiger partial charge on any atom is -0.378 e. The molecule has 1 fully saturated rings. The second-order valence-corrected chi connectivity index (χ2v) is 5.13. The molecular weight excluding hydrogens is 242 g/mol. The van der Waals surface area contributed by atoms with E-state index >= 15 is 0 Å². The molecule has 0 spiro atoms. The molecule has 84 valence electrons. The lowest BCUT2D eigenvalue weighted by molar-refractivity contribution is 0.0768. The fraction of sp³-hybridized carbons (Fsp3) is 0.400. The summed E-state index contributed by atoms with van der Waals surface area (Å²) in [4.78, 5) is 8.85. The molecule has 16 heavy (non-hydrogen) atoms. The maximum absolute atomic E-state index is 5.43. The van der Waals surface area contributed by atoms with Gasteiger partial charge in [-0.25, -0.2) is 9.97 Å². The first-order valence-corrected chi connectivity index (χ1v) is 6.91. The summed E-state index contributed by atoms with van der Waals surface area (Å²) in [6.07, 6.45) is 0. The molecule has 3 heterocycles. The number of ether oxygens (including phenoxy) is 1. The largest absolute Gasteiger partial charge is 0.378 e. The normalized spacial score (nSPS) is 21.1. The number of hydrogen-bond donors (Lipinski definition) is 1. The van der Waals surface area contributed by atoms with Crippen LogP contribution in [0.2, 0.25) is 0 Å². The highest BCUT2D eigenvalue weighted by atomic mass is 32.1. The Morgan fingerprint density at radius 1 is 1.38 bits per heavy atom. The molecule has 6 heteroatoms. The highest BCUT2D eigenvalue weighted by Gasteiger charge is 2.19. The molecule has 4 nitrogen and oxygen atoms in total. The van der Waals surface area contributed by atoms with Gasteiger partial charge in [-0.2, -0.15) is 0 Å². The van der Waals surface area contributed by atoms with E-state index in [1.54, 1.807) is 22.7 Å². The minimum atomic E-state index is 0.242. The monoisotopic (exact) mass is 253 g/mol. The lowest BCUT2D eigenvalue weighted by Gasteiger charge is -2.21. The highest BCUT2D eigenvalue weighted by Crippen LogP contribution is 2.26. The van der Waals surface area contributed by atoms with Gasteiger partial charge in [0.15, 0.2) is 0 Å². The SMILES string of the molecule is c1nc(-c2csc(C3COCCN3)n2)cs1. The number of thiazole rings is 2. The Balaban J connectivity index is 1.82. The Labute approximate surface area is 101 Å². The summed E-state index contributed by atoms with van der Waals surface area (Å²) in [6.45, 7) is 2.40.